The number of aromatic hydroxyl groups is 1. The number of amides is 1. The molecular weight excluding hydrogens is 285 g/mol. The molecule has 1 aliphatic heterocycles. The lowest BCUT2D eigenvalue weighted by Crippen LogP contribution is -2.42. The largest absolute Gasteiger partial charge is 0.503 e. The predicted octanol–water partition coefficient (Wildman–Crippen LogP) is 2.01. The van der Waals surface area contributed by atoms with Crippen molar-refractivity contribution >= 4 is 5.91 Å². The fraction of sp³-hybridized carbons (Fsp3) is 0.500. The summed E-state index contributed by atoms with van der Waals surface area (Å²) in [5, 5.41) is 9.15. The van der Waals surface area contributed by atoms with Crippen LogP contribution in [0.15, 0.2) is 6.07 Å². The molecule has 0 aromatic heterocycles. The normalized spacial score (nSPS) is 17.9. The Morgan fingerprint density at radius 2 is 1.90 bits per heavy atom. The molecule has 0 aliphatic carbocycles. The molecule has 1 unspecified atom stereocenters. The second-order valence-electron chi connectivity index (χ2n) is 5.37. The van der Waals surface area contributed by atoms with Crippen LogP contribution in [0.4, 0.5) is 13.2 Å². The van der Waals surface area contributed by atoms with Crippen molar-refractivity contribution in [2.75, 3.05) is 13.1 Å². The van der Waals surface area contributed by atoms with Gasteiger partial charge in [0, 0.05) is 19.1 Å². The lowest BCUT2D eigenvalue weighted by Gasteiger charge is -2.33. The Labute approximate surface area is 120 Å². The molecule has 2 rings (SSSR count). The van der Waals surface area contributed by atoms with E-state index < -0.39 is 34.7 Å². The molecule has 0 bridgehead atoms. The minimum absolute atomic E-state index is 0.00583. The Kier molecular flexibility index (Phi) is 4.41. The molecule has 1 atom stereocenters. The molecule has 0 radical (unpaired) electrons. The average molecular weight is 302 g/mol. The summed E-state index contributed by atoms with van der Waals surface area (Å²) < 4.78 is 40.0. The van der Waals surface area contributed by atoms with Gasteiger partial charge in [-0.2, -0.15) is 4.39 Å². The summed E-state index contributed by atoms with van der Waals surface area (Å²) in [5.41, 5.74) is 5.13. The number of benzene rings is 1. The summed E-state index contributed by atoms with van der Waals surface area (Å²) in [4.78, 5) is 13.5. The third kappa shape index (κ3) is 2.97. The number of carbonyl (C=O) groups excluding carboxylic acids is 1. The van der Waals surface area contributed by atoms with Gasteiger partial charge in [-0.15, -0.1) is 0 Å². The number of rotatable bonds is 2. The summed E-state index contributed by atoms with van der Waals surface area (Å²) in [6.45, 7) is 2.61. The van der Waals surface area contributed by atoms with Gasteiger partial charge in [-0.05, 0) is 31.7 Å². The summed E-state index contributed by atoms with van der Waals surface area (Å²) in [5.74, 6) is -6.54. The van der Waals surface area contributed by atoms with Crippen molar-refractivity contribution in [1.82, 2.24) is 4.90 Å². The molecule has 4 nitrogen and oxygen atoms in total. The third-order valence-corrected chi connectivity index (χ3v) is 3.93. The Balaban J connectivity index is 2.19. The van der Waals surface area contributed by atoms with Crippen LogP contribution in [0.2, 0.25) is 0 Å². The fourth-order valence-corrected chi connectivity index (χ4v) is 2.54. The molecular formula is C14H17F3N2O2. The topological polar surface area (TPSA) is 66.6 Å². The molecule has 1 heterocycles. The first kappa shape index (κ1) is 15.6. The van der Waals surface area contributed by atoms with Gasteiger partial charge in [-0.3, -0.25) is 4.79 Å². The molecule has 1 saturated heterocycles. The molecule has 1 fully saturated rings. The van der Waals surface area contributed by atoms with Gasteiger partial charge in [-0.1, -0.05) is 0 Å². The van der Waals surface area contributed by atoms with Crippen molar-refractivity contribution < 1.29 is 23.1 Å². The highest BCUT2D eigenvalue weighted by Gasteiger charge is 2.29. The smallest absolute Gasteiger partial charge is 0.257 e. The lowest BCUT2D eigenvalue weighted by molar-refractivity contribution is 0.0674. The average Bonchev–Trinajstić information content (AvgIpc) is 2.48. The molecule has 0 spiro atoms. The number of likely N-dealkylation sites (tertiary alicyclic amines) is 1. The number of hydrogen-bond donors (Lipinski definition) is 2. The van der Waals surface area contributed by atoms with E-state index in [2.05, 4.69) is 0 Å². The number of halogens is 3. The molecule has 1 aromatic carbocycles. The Hall–Kier alpha value is -1.76. The highest BCUT2D eigenvalue weighted by molar-refractivity contribution is 5.95. The molecule has 116 valence electrons. The van der Waals surface area contributed by atoms with Crippen LogP contribution in [0.1, 0.15) is 30.1 Å². The number of phenols is 1. The highest BCUT2D eigenvalue weighted by Crippen LogP contribution is 2.28. The van der Waals surface area contributed by atoms with E-state index in [0.29, 0.717) is 32.0 Å². The van der Waals surface area contributed by atoms with Gasteiger partial charge in [0.1, 0.15) is 0 Å². The monoisotopic (exact) mass is 302 g/mol. The second-order valence-corrected chi connectivity index (χ2v) is 5.37. The second kappa shape index (κ2) is 5.93. The van der Waals surface area contributed by atoms with Crippen molar-refractivity contribution in [1.29, 1.82) is 0 Å². The number of piperidine rings is 1. The maximum absolute atomic E-state index is 13.7. The first-order valence-electron chi connectivity index (χ1n) is 6.74. The van der Waals surface area contributed by atoms with Gasteiger partial charge in [0.25, 0.3) is 5.91 Å². The maximum atomic E-state index is 13.7. The van der Waals surface area contributed by atoms with E-state index in [1.807, 2.05) is 6.92 Å². The van der Waals surface area contributed by atoms with Gasteiger partial charge >= 0.3 is 0 Å². The van der Waals surface area contributed by atoms with E-state index in [-0.39, 0.29) is 12.0 Å². The summed E-state index contributed by atoms with van der Waals surface area (Å²) in [6, 6.07) is 0.482. The van der Waals surface area contributed by atoms with Crippen LogP contribution in [-0.2, 0) is 0 Å². The van der Waals surface area contributed by atoms with E-state index in [1.165, 1.54) is 4.90 Å². The zero-order chi connectivity index (χ0) is 15.7. The standard InChI is InChI=1S/C14H17F3N2O2/c1-7(18)8-2-4-19(5-3-8)14(21)9-6-10(15)12(17)13(20)11(9)16/h6-8,20H,2-5,18H2,1H3. The zero-order valence-electron chi connectivity index (χ0n) is 11.6. The number of hydrogen-bond acceptors (Lipinski definition) is 3. The fourth-order valence-electron chi connectivity index (χ4n) is 2.54. The zero-order valence-corrected chi connectivity index (χ0v) is 11.6. The minimum Gasteiger partial charge on any atom is -0.503 e. The van der Waals surface area contributed by atoms with Crippen LogP contribution < -0.4 is 5.73 Å². The van der Waals surface area contributed by atoms with Gasteiger partial charge in [0.05, 0.1) is 5.56 Å². The lowest BCUT2D eigenvalue weighted by atomic mass is 9.90. The van der Waals surface area contributed by atoms with Crippen LogP contribution in [-0.4, -0.2) is 35.0 Å². The molecule has 1 aliphatic rings. The highest BCUT2D eigenvalue weighted by atomic mass is 19.2. The molecule has 1 aromatic rings. The first-order chi connectivity index (χ1) is 9.82. The minimum atomic E-state index is -1.69. The van der Waals surface area contributed by atoms with Crippen molar-refractivity contribution in [2.24, 2.45) is 11.7 Å². The van der Waals surface area contributed by atoms with Crippen molar-refractivity contribution in [3.05, 3.63) is 29.1 Å². The summed E-state index contributed by atoms with van der Waals surface area (Å²) in [7, 11) is 0. The third-order valence-electron chi connectivity index (χ3n) is 3.93. The quantitative estimate of drug-likeness (QED) is 0.821. The molecule has 7 heteroatoms. The van der Waals surface area contributed by atoms with E-state index >= 15 is 0 Å². The van der Waals surface area contributed by atoms with Crippen molar-refractivity contribution in [3.8, 4) is 5.75 Å². The Morgan fingerprint density at radius 3 is 2.43 bits per heavy atom. The van der Waals surface area contributed by atoms with Crippen molar-refractivity contribution in [3.63, 3.8) is 0 Å². The van der Waals surface area contributed by atoms with Gasteiger partial charge in [-0.25, -0.2) is 8.78 Å². The van der Waals surface area contributed by atoms with E-state index in [4.69, 9.17) is 10.8 Å². The van der Waals surface area contributed by atoms with Gasteiger partial charge < -0.3 is 15.7 Å². The van der Waals surface area contributed by atoms with E-state index in [1.54, 1.807) is 0 Å². The number of phenolic OH excluding ortho intramolecular Hbond substituents is 1. The van der Waals surface area contributed by atoms with Gasteiger partial charge in [0.15, 0.2) is 17.4 Å². The molecule has 1 amide bonds. The van der Waals surface area contributed by atoms with Crippen LogP contribution >= 0.6 is 0 Å². The van der Waals surface area contributed by atoms with Crippen LogP contribution in [0.25, 0.3) is 0 Å². The molecule has 0 saturated carbocycles. The SMILES string of the molecule is CC(N)C1CCN(C(=O)c2cc(F)c(F)c(O)c2F)CC1. The summed E-state index contributed by atoms with van der Waals surface area (Å²) >= 11 is 0. The number of carbonyl (C=O) groups is 1. The Bertz CT molecular complexity index is 556. The number of nitrogens with zero attached hydrogens (tertiary/aromatic N) is 1. The van der Waals surface area contributed by atoms with Crippen LogP contribution in [0.5, 0.6) is 5.75 Å². The van der Waals surface area contributed by atoms with E-state index in [9.17, 15) is 18.0 Å². The van der Waals surface area contributed by atoms with E-state index in [0.717, 1.165) is 0 Å². The first-order valence-corrected chi connectivity index (χ1v) is 6.74. The number of nitrogens with two attached hydrogens (primary N) is 1. The van der Waals surface area contributed by atoms with Crippen LogP contribution in [0.3, 0.4) is 0 Å². The maximum Gasteiger partial charge on any atom is 0.257 e. The van der Waals surface area contributed by atoms with Gasteiger partial charge in [0.2, 0.25) is 5.82 Å². The van der Waals surface area contributed by atoms with Crippen LogP contribution in [0, 0.1) is 23.4 Å². The predicted molar refractivity (Wildman–Crippen MR) is 70.3 cm³/mol. The summed E-state index contributed by atoms with van der Waals surface area (Å²) in [6.07, 6.45) is 1.33. The molecule has 3 N–H and O–H groups in total. The Morgan fingerprint density at radius 1 is 1.33 bits per heavy atom. The molecule has 21 heavy (non-hydrogen) atoms. The van der Waals surface area contributed by atoms with Crippen molar-refractivity contribution in [2.45, 2.75) is 25.8 Å².